The summed E-state index contributed by atoms with van der Waals surface area (Å²) in [5, 5.41) is 0. The van der Waals surface area contributed by atoms with Gasteiger partial charge in [-0.1, -0.05) is 66.7 Å². The second-order valence-electron chi connectivity index (χ2n) is 8.54. The molecule has 38 heavy (non-hydrogen) atoms. The molecular weight excluding hydrogens is 489 g/mol. The Balaban J connectivity index is 0.000000617. The molecule has 0 saturated carbocycles. The molecule has 0 saturated heterocycles. The fourth-order valence-electron chi connectivity index (χ4n) is 4.20. The Hall–Kier alpha value is -4.39. The molecule has 0 atom stereocenters. The molecule has 0 amide bonds. The van der Waals surface area contributed by atoms with Crippen LogP contribution in [0.4, 0.5) is 17.3 Å². The molecule has 0 aliphatic carbocycles. The van der Waals surface area contributed by atoms with Crippen molar-refractivity contribution in [1.29, 1.82) is 0 Å². The van der Waals surface area contributed by atoms with Gasteiger partial charge in [0.2, 0.25) is 11.4 Å². The summed E-state index contributed by atoms with van der Waals surface area (Å²) in [5.41, 5.74) is 8.41. The molecular formula is C31H26BF4NO. The molecule has 5 aromatic rings. The van der Waals surface area contributed by atoms with E-state index in [9.17, 15) is 17.3 Å². The zero-order valence-electron chi connectivity index (χ0n) is 20.8. The van der Waals surface area contributed by atoms with Crippen molar-refractivity contribution in [1.82, 2.24) is 0 Å². The van der Waals surface area contributed by atoms with E-state index < -0.39 is 7.25 Å². The van der Waals surface area contributed by atoms with Crippen molar-refractivity contribution in [3.63, 3.8) is 0 Å². The number of benzene rings is 4. The number of hydrogen-bond donors (Lipinski definition) is 0. The van der Waals surface area contributed by atoms with Gasteiger partial charge < -0.3 is 22.0 Å². The van der Waals surface area contributed by atoms with Gasteiger partial charge in [-0.3, -0.25) is 0 Å². The van der Waals surface area contributed by atoms with Crippen LogP contribution in [-0.2, 0) is 6.54 Å². The highest BCUT2D eigenvalue weighted by atomic mass is 19.5. The quantitative estimate of drug-likeness (QED) is 0.126. The van der Waals surface area contributed by atoms with Gasteiger partial charge >= 0.3 is 7.25 Å². The standard InChI is InChI=1S/C31H26NO.BF4/c1-33-29-19-17-24(18-20-29)23-32-30(26-13-7-3-8-14-26)21-28(25-11-5-2-6-12-25)22-31(32)27-15-9-4-10-16-27;2-1(3,4)5/h2-22H,23H2,1H3;/q+1;-1. The summed E-state index contributed by atoms with van der Waals surface area (Å²) >= 11 is 0. The van der Waals surface area contributed by atoms with Gasteiger partial charge in [-0.25, -0.2) is 0 Å². The number of pyridine rings is 1. The van der Waals surface area contributed by atoms with Crippen LogP contribution in [0.5, 0.6) is 5.75 Å². The third-order valence-corrected chi connectivity index (χ3v) is 5.91. The lowest BCUT2D eigenvalue weighted by Crippen LogP contribution is -2.39. The van der Waals surface area contributed by atoms with Gasteiger partial charge in [0.05, 0.1) is 7.11 Å². The lowest BCUT2D eigenvalue weighted by molar-refractivity contribution is -0.666. The minimum absolute atomic E-state index is 0.757. The number of hydrogen-bond acceptors (Lipinski definition) is 1. The van der Waals surface area contributed by atoms with E-state index >= 15 is 0 Å². The van der Waals surface area contributed by atoms with Crippen molar-refractivity contribution < 1.29 is 26.6 Å². The molecule has 1 heterocycles. The average Bonchev–Trinajstić information content (AvgIpc) is 2.94. The lowest BCUT2D eigenvalue weighted by Gasteiger charge is -2.13. The number of aromatic nitrogens is 1. The monoisotopic (exact) mass is 515 g/mol. The maximum Gasteiger partial charge on any atom is 0.673 e. The number of nitrogens with zero attached hydrogens (tertiary/aromatic N) is 1. The van der Waals surface area contributed by atoms with E-state index in [0.29, 0.717) is 0 Å². The zero-order chi connectivity index (χ0) is 27.0. The van der Waals surface area contributed by atoms with Gasteiger partial charge in [0, 0.05) is 28.8 Å². The minimum atomic E-state index is -6.00. The molecule has 0 radical (unpaired) electrons. The fraction of sp³-hybridized carbons (Fsp3) is 0.0645. The normalized spacial score (nSPS) is 10.9. The Morgan fingerprint density at radius 2 is 0.947 bits per heavy atom. The third-order valence-electron chi connectivity index (χ3n) is 5.91. The second-order valence-corrected chi connectivity index (χ2v) is 8.54. The Labute approximate surface area is 219 Å². The predicted octanol–water partition coefficient (Wildman–Crippen LogP) is 8.33. The summed E-state index contributed by atoms with van der Waals surface area (Å²) in [6, 6.07) is 44.8. The Morgan fingerprint density at radius 3 is 1.34 bits per heavy atom. The van der Waals surface area contributed by atoms with Crippen molar-refractivity contribution in [3.8, 4) is 39.4 Å². The molecule has 0 bridgehead atoms. The van der Waals surface area contributed by atoms with Gasteiger partial charge in [-0.2, -0.15) is 4.57 Å². The van der Waals surface area contributed by atoms with Crippen LogP contribution in [0.1, 0.15) is 5.56 Å². The fourth-order valence-corrected chi connectivity index (χ4v) is 4.20. The van der Waals surface area contributed by atoms with E-state index in [1.165, 1.54) is 39.2 Å². The average molecular weight is 515 g/mol. The highest BCUT2D eigenvalue weighted by Gasteiger charge is 2.23. The van der Waals surface area contributed by atoms with Gasteiger partial charge in [-0.05, 0) is 59.7 Å². The first kappa shape index (κ1) is 26.7. The van der Waals surface area contributed by atoms with E-state index in [1.54, 1.807) is 7.11 Å². The van der Waals surface area contributed by atoms with Crippen molar-refractivity contribution in [2.75, 3.05) is 7.11 Å². The summed E-state index contributed by atoms with van der Waals surface area (Å²) in [4.78, 5) is 0. The maximum atomic E-state index is 9.75. The molecule has 7 heteroatoms. The first-order valence-electron chi connectivity index (χ1n) is 12.1. The molecule has 0 spiro atoms. The van der Waals surface area contributed by atoms with E-state index in [0.717, 1.165) is 12.3 Å². The number of methoxy groups -OCH3 is 1. The zero-order valence-corrected chi connectivity index (χ0v) is 20.8. The molecule has 0 N–H and O–H groups in total. The molecule has 0 unspecified atom stereocenters. The highest BCUT2D eigenvalue weighted by Crippen LogP contribution is 2.29. The Morgan fingerprint density at radius 1 is 0.553 bits per heavy atom. The molecule has 4 aromatic carbocycles. The lowest BCUT2D eigenvalue weighted by atomic mass is 9.98. The largest absolute Gasteiger partial charge is 0.673 e. The summed E-state index contributed by atoms with van der Waals surface area (Å²) in [7, 11) is -4.30. The van der Waals surface area contributed by atoms with E-state index in [4.69, 9.17) is 4.74 Å². The van der Waals surface area contributed by atoms with Crippen LogP contribution < -0.4 is 9.30 Å². The molecule has 0 fully saturated rings. The molecule has 1 aromatic heterocycles. The van der Waals surface area contributed by atoms with Crippen LogP contribution in [0.2, 0.25) is 0 Å². The smallest absolute Gasteiger partial charge is 0.497 e. The molecule has 0 aliphatic heterocycles. The van der Waals surface area contributed by atoms with Gasteiger partial charge in [0.15, 0.2) is 6.54 Å². The van der Waals surface area contributed by atoms with Gasteiger partial charge in [0.25, 0.3) is 0 Å². The van der Waals surface area contributed by atoms with Crippen LogP contribution in [0.25, 0.3) is 33.6 Å². The van der Waals surface area contributed by atoms with Crippen molar-refractivity contribution >= 4 is 7.25 Å². The SMILES string of the molecule is COc1ccc(C[n+]2c(-c3ccccc3)cc(-c3ccccc3)cc2-c2ccccc2)cc1.F[B-](F)(F)F. The topological polar surface area (TPSA) is 13.1 Å². The van der Waals surface area contributed by atoms with Crippen LogP contribution in [-0.4, -0.2) is 14.4 Å². The summed E-state index contributed by atoms with van der Waals surface area (Å²) in [6.45, 7) is 0.757. The minimum Gasteiger partial charge on any atom is -0.497 e. The second kappa shape index (κ2) is 12.2. The summed E-state index contributed by atoms with van der Waals surface area (Å²) in [6.07, 6.45) is 0. The predicted molar refractivity (Wildman–Crippen MR) is 145 cm³/mol. The molecule has 192 valence electrons. The first-order valence-corrected chi connectivity index (χ1v) is 12.1. The van der Waals surface area contributed by atoms with Crippen molar-refractivity contribution in [2.24, 2.45) is 0 Å². The van der Waals surface area contributed by atoms with Crippen LogP contribution in [0.15, 0.2) is 127 Å². The number of halogens is 4. The number of ether oxygens (including phenoxy) is 1. The van der Waals surface area contributed by atoms with Crippen LogP contribution in [0.3, 0.4) is 0 Å². The highest BCUT2D eigenvalue weighted by molar-refractivity contribution is 6.50. The number of rotatable bonds is 6. The van der Waals surface area contributed by atoms with E-state index in [1.807, 2.05) is 12.1 Å². The van der Waals surface area contributed by atoms with E-state index in [-0.39, 0.29) is 0 Å². The maximum absolute atomic E-state index is 9.75. The van der Waals surface area contributed by atoms with Gasteiger partial charge in [0.1, 0.15) is 5.75 Å². The Bertz CT molecular complexity index is 1380. The van der Waals surface area contributed by atoms with Crippen LogP contribution >= 0.6 is 0 Å². The third kappa shape index (κ3) is 7.32. The van der Waals surface area contributed by atoms with Gasteiger partial charge in [-0.15, -0.1) is 0 Å². The van der Waals surface area contributed by atoms with E-state index in [2.05, 4.69) is 120 Å². The van der Waals surface area contributed by atoms with Crippen LogP contribution in [0, 0.1) is 0 Å². The van der Waals surface area contributed by atoms with Crippen molar-refractivity contribution in [3.05, 3.63) is 133 Å². The Kier molecular flexibility index (Phi) is 8.59. The van der Waals surface area contributed by atoms with Crippen molar-refractivity contribution in [2.45, 2.75) is 6.54 Å². The summed E-state index contributed by atoms with van der Waals surface area (Å²) < 4.78 is 46.8. The molecule has 5 rings (SSSR count). The first-order chi connectivity index (χ1) is 18.3. The molecule has 2 nitrogen and oxygen atoms in total. The summed E-state index contributed by atoms with van der Waals surface area (Å²) in [5.74, 6) is 0.870. The molecule has 0 aliphatic rings.